The molecule has 0 N–H and O–H groups in total. The fourth-order valence-corrected chi connectivity index (χ4v) is 9.38. The molecule has 42 heavy (non-hydrogen) atoms. The zero-order chi connectivity index (χ0) is 29.4. The van der Waals surface area contributed by atoms with Crippen LogP contribution in [0.25, 0.3) is 0 Å². The Morgan fingerprint density at radius 2 is 1.26 bits per heavy atom. The molecule has 7 heteroatoms. The minimum absolute atomic E-state index is 0.247. The molecule has 0 saturated heterocycles. The molecule has 220 valence electrons. The molecule has 0 amide bonds. The van der Waals surface area contributed by atoms with E-state index in [0.29, 0.717) is 30.5 Å². The van der Waals surface area contributed by atoms with Gasteiger partial charge in [-0.05, 0) is 42.0 Å². The predicted octanol–water partition coefficient (Wildman–Crippen LogP) is 6.89. The summed E-state index contributed by atoms with van der Waals surface area (Å²) in [6.07, 6.45) is 0.890. The summed E-state index contributed by atoms with van der Waals surface area (Å²) in [4.78, 5) is 0.310. The Kier molecular flexibility index (Phi) is 10.2. The Morgan fingerprint density at radius 1 is 0.738 bits per heavy atom. The summed E-state index contributed by atoms with van der Waals surface area (Å²) in [5.74, 6) is -0.0310. The van der Waals surface area contributed by atoms with E-state index in [1.165, 1.54) is 11.8 Å². The molecule has 0 aliphatic heterocycles. The number of benzene rings is 4. The van der Waals surface area contributed by atoms with Gasteiger partial charge in [-0.3, -0.25) is 0 Å². The minimum atomic E-state index is -3.80. The third-order valence-electron chi connectivity index (χ3n) is 7.84. The lowest BCUT2D eigenvalue weighted by atomic mass is 10.2. The maximum atomic E-state index is 14.5. The quantitative estimate of drug-likeness (QED) is 0.148. The molecule has 0 spiro atoms. The highest BCUT2D eigenvalue weighted by Gasteiger charge is 2.76. The van der Waals surface area contributed by atoms with Crippen molar-refractivity contribution in [1.82, 2.24) is 0 Å². The zero-order valence-corrected chi connectivity index (χ0v) is 25.7. The fraction of sp³-hybridized carbons (Fsp3) is 0.314. The van der Waals surface area contributed by atoms with Crippen LogP contribution in [0.15, 0.2) is 120 Å². The molecular formula is C35H38O5S2. The van der Waals surface area contributed by atoms with Crippen LogP contribution in [0.1, 0.15) is 22.3 Å². The van der Waals surface area contributed by atoms with Crippen molar-refractivity contribution in [3.63, 3.8) is 0 Å². The molecule has 4 atom stereocenters. The predicted molar refractivity (Wildman–Crippen MR) is 169 cm³/mol. The monoisotopic (exact) mass is 602 g/mol. The summed E-state index contributed by atoms with van der Waals surface area (Å²) in [6.45, 7) is 3.28. The number of ether oxygens (including phenoxy) is 3. The van der Waals surface area contributed by atoms with Crippen LogP contribution in [0.4, 0.5) is 0 Å². The van der Waals surface area contributed by atoms with E-state index in [2.05, 4.69) is 0 Å². The van der Waals surface area contributed by atoms with E-state index >= 15 is 0 Å². The van der Waals surface area contributed by atoms with Gasteiger partial charge in [-0.1, -0.05) is 109 Å². The van der Waals surface area contributed by atoms with E-state index in [4.69, 9.17) is 14.2 Å². The maximum absolute atomic E-state index is 14.5. The molecule has 0 radical (unpaired) electrons. The first-order chi connectivity index (χ1) is 20.5. The average molecular weight is 603 g/mol. The first-order valence-electron chi connectivity index (χ1n) is 14.2. The lowest BCUT2D eigenvalue weighted by Gasteiger charge is -2.23. The van der Waals surface area contributed by atoms with E-state index in [1.807, 2.05) is 116 Å². The summed E-state index contributed by atoms with van der Waals surface area (Å²) in [5, 5.41) is 0. The summed E-state index contributed by atoms with van der Waals surface area (Å²) in [7, 11) is -3.80. The van der Waals surface area contributed by atoms with Gasteiger partial charge in [-0.2, -0.15) is 11.8 Å². The maximum Gasteiger partial charge on any atom is 0.187 e. The normalized spacial score (nSPS) is 20.7. The molecule has 5 rings (SSSR count). The highest BCUT2D eigenvalue weighted by Crippen LogP contribution is 2.58. The highest BCUT2D eigenvalue weighted by molar-refractivity contribution is 8.00. The van der Waals surface area contributed by atoms with Crippen molar-refractivity contribution < 1.29 is 22.6 Å². The van der Waals surface area contributed by atoms with Crippen LogP contribution >= 0.6 is 11.8 Å². The topological polar surface area (TPSA) is 61.8 Å². The molecule has 1 fully saturated rings. The van der Waals surface area contributed by atoms with E-state index in [9.17, 15) is 8.42 Å². The van der Waals surface area contributed by atoms with Gasteiger partial charge < -0.3 is 14.2 Å². The third kappa shape index (κ3) is 6.82. The Balaban J connectivity index is 1.48. The Hall–Kier alpha value is -2.94. The number of sulfone groups is 1. The second-order valence-electron chi connectivity index (χ2n) is 10.8. The molecule has 4 aromatic rings. The third-order valence-corrected chi connectivity index (χ3v) is 11.3. The summed E-state index contributed by atoms with van der Waals surface area (Å²) < 4.78 is 47.2. The van der Waals surface area contributed by atoms with Crippen LogP contribution in [0.3, 0.4) is 0 Å². The fourth-order valence-electron chi connectivity index (χ4n) is 5.58. The highest BCUT2D eigenvalue weighted by atomic mass is 32.2. The SMILES string of the molecule is CSC[C@@]1(S(=O)(=O)c2ccc(C)cc2)[C@@H]([C@H](COCc2ccccc2)OCc2ccccc2)[C@H]1OCc1ccccc1. The molecule has 1 aliphatic rings. The zero-order valence-electron chi connectivity index (χ0n) is 24.1. The van der Waals surface area contributed by atoms with Gasteiger partial charge in [-0.15, -0.1) is 0 Å². The van der Waals surface area contributed by atoms with Crippen molar-refractivity contribution >= 4 is 21.6 Å². The molecule has 1 aliphatic carbocycles. The molecule has 0 bridgehead atoms. The number of hydrogen-bond acceptors (Lipinski definition) is 6. The lowest BCUT2D eigenvalue weighted by Crippen LogP contribution is -2.36. The smallest absolute Gasteiger partial charge is 0.187 e. The Labute approximate surface area is 254 Å². The van der Waals surface area contributed by atoms with E-state index in [-0.39, 0.29) is 6.61 Å². The minimum Gasteiger partial charge on any atom is -0.374 e. The second kappa shape index (κ2) is 14.0. The summed E-state index contributed by atoms with van der Waals surface area (Å²) in [5.41, 5.74) is 4.07. The molecule has 0 heterocycles. The largest absolute Gasteiger partial charge is 0.374 e. The van der Waals surface area contributed by atoms with Crippen molar-refractivity contribution in [2.75, 3.05) is 18.6 Å². The van der Waals surface area contributed by atoms with Gasteiger partial charge in [0.15, 0.2) is 9.84 Å². The van der Waals surface area contributed by atoms with Crippen molar-refractivity contribution in [1.29, 1.82) is 0 Å². The van der Waals surface area contributed by atoms with Crippen LogP contribution in [-0.4, -0.2) is 44.0 Å². The van der Waals surface area contributed by atoms with Crippen LogP contribution in [-0.2, 0) is 43.9 Å². The van der Waals surface area contributed by atoms with Crippen LogP contribution in [0.5, 0.6) is 0 Å². The average Bonchev–Trinajstić information content (AvgIpc) is 3.68. The first kappa shape index (κ1) is 30.5. The van der Waals surface area contributed by atoms with Crippen LogP contribution in [0.2, 0.25) is 0 Å². The second-order valence-corrected chi connectivity index (χ2v) is 13.9. The van der Waals surface area contributed by atoms with Gasteiger partial charge in [0, 0.05) is 11.7 Å². The van der Waals surface area contributed by atoms with E-state index in [1.54, 1.807) is 12.1 Å². The standard InChI is InChI=1S/C35H38O5S2/c1-27-18-20-31(21-19-27)42(36,37)35(26-41-2)33(34(35)40-24-30-16-10-5-11-17-30)32(39-23-29-14-8-4-9-15-29)25-38-22-28-12-6-3-7-13-28/h3-21,32-34H,22-26H2,1-2H3/t32-,33-,34+,35+/m0/s1. The first-order valence-corrected chi connectivity index (χ1v) is 17.1. The van der Waals surface area contributed by atoms with Crippen molar-refractivity contribution in [3.8, 4) is 0 Å². The van der Waals surface area contributed by atoms with Gasteiger partial charge in [-0.25, -0.2) is 8.42 Å². The number of aryl methyl sites for hydroxylation is 1. The van der Waals surface area contributed by atoms with E-state index < -0.39 is 32.7 Å². The number of rotatable bonds is 15. The molecule has 0 aromatic heterocycles. The van der Waals surface area contributed by atoms with E-state index in [0.717, 1.165) is 22.3 Å². The molecular weight excluding hydrogens is 565 g/mol. The number of thioether (sulfide) groups is 1. The summed E-state index contributed by atoms with van der Waals surface area (Å²) >= 11 is 1.52. The van der Waals surface area contributed by atoms with Crippen molar-refractivity contribution in [3.05, 3.63) is 138 Å². The number of hydrogen-bond donors (Lipinski definition) is 0. The Morgan fingerprint density at radius 3 is 1.81 bits per heavy atom. The van der Waals surface area contributed by atoms with Gasteiger partial charge >= 0.3 is 0 Å². The van der Waals surface area contributed by atoms with Crippen LogP contribution in [0, 0.1) is 12.8 Å². The lowest BCUT2D eigenvalue weighted by molar-refractivity contribution is -0.0520. The van der Waals surface area contributed by atoms with Crippen LogP contribution < -0.4 is 0 Å². The molecule has 1 saturated carbocycles. The van der Waals surface area contributed by atoms with Gasteiger partial charge in [0.05, 0.1) is 43.5 Å². The van der Waals surface area contributed by atoms with Crippen molar-refractivity contribution in [2.24, 2.45) is 5.92 Å². The van der Waals surface area contributed by atoms with Gasteiger partial charge in [0.25, 0.3) is 0 Å². The van der Waals surface area contributed by atoms with Crippen molar-refractivity contribution in [2.45, 2.75) is 48.6 Å². The molecule has 5 nitrogen and oxygen atoms in total. The molecule has 0 unspecified atom stereocenters. The summed E-state index contributed by atoms with van der Waals surface area (Å²) in [6, 6.07) is 36.9. The van der Waals surface area contributed by atoms with Gasteiger partial charge in [0.1, 0.15) is 4.75 Å². The Bertz CT molecular complexity index is 1500. The van der Waals surface area contributed by atoms with Gasteiger partial charge in [0.2, 0.25) is 0 Å². The molecule has 4 aromatic carbocycles.